The molecule has 4 nitrogen and oxygen atoms in total. The summed E-state index contributed by atoms with van der Waals surface area (Å²) in [5.74, 6) is 0.541. The number of rotatable bonds is 6. The lowest BCUT2D eigenvalue weighted by molar-refractivity contribution is 0.118. The lowest BCUT2D eigenvalue weighted by Crippen LogP contribution is -2.11. The van der Waals surface area contributed by atoms with Crippen LogP contribution < -0.4 is 5.32 Å². The first kappa shape index (κ1) is 13.2. The van der Waals surface area contributed by atoms with Crippen LogP contribution in [0.15, 0.2) is 0 Å². The van der Waals surface area contributed by atoms with Crippen LogP contribution in [0.2, 0.25) is 5.15 Å². The van der Waals surface area contributed by atoms with Crippen LogP contribution in [0.4, 0.5) is 5.13 Å². The molecule has 0 saturated carbocycles. The molecular formula is C10H14ClN3OS. The van der Waals surface area contributed by atoms with Crippen molar-refractivity contribution in [2.45, 2.75) is 13.8 Å². The highest BCUT2D eigenvalue weighted by atomic mass is 35.5. The average Bonchev–Trinajstić information content (AvgIpc) is 2.58. The Labute approximate surface area is 104 Å². The first-order valence-electron chi connectivity index (χ1n) is 5.01. The van der Waals surface area contributed by atoms with Gasteiger partial charge < -0.3 is 10.1 Å². The highest BCUT2D eigenvalue weighted by molar-refractivity contribution is 7.16. The molecule has 88 valence electrons. The number of ether oxygens (including phenoxy) is 1. The predicted molar refractivity (Wildman–Crippen MR) is 66.0 cm³/mol. The molecule has 16 heavy (non-hydrogen) atoms. The predicted octanol–water partition coefficient (Wildman–Crippen LogP) is 2.75. The number of nitriles is 1. The van der Waals surface area contributed by atoms with Crippen molar-refractivity contribution in [2.24, 2.45) is 5.92 Å². The number of nitrogens with zero attached hydrogens (tertiary/aromatic N) is 2. The summed E-state index contributed by atoms with van der Waals surface area (Å²) in [4.78, 5) is 4.45. The third-order valence-electron chi connectivity index (χ3n) is 1.66. The number of thiazole rings is 1. The van der Waals surface area contributed by atoms with Crippen LogP contribution in [0, 0.1) is 17.2 Å². The molecule has 1 aromatic heterocycles. The van der Waals surface area contributed by atoms with E-state index >= 15 is 0 Å². The second kappa shape index (κ2) is 6.69. The molecule has 0 aromatic carbocycles. The monoisotopic (exact) mass is 259 g/mol. The molecule has 0 aliphatic rings. The van der Waals surface area contributed by atoms with Gasteiger partial charge in [-0.1, -0.05) is 36.8 Å². The van der Waals surface area contributed by atoms with E-state index in [1.807, 2.05) is 6.07 Å². The second-order valence-electron chi connectivity index (χ2n) is 3.65. The summed E-state index contributed by atoms with van der Waals surface area (Å²) < 4.78 is 5.40. The Morgan fingerprint density at radius 2 is 2.38 bits per heavy atom. The van der Waals surface area contributed by atoms with Gasteiger partial charge in [0, 0.05) is 13.2 Å². The van der Waals surface area contributed by atoms with Crippen molar-refractivity contribution < 1.29 is 4.74 Å². The van der Waals surface area contributed by atoms with E-state index in [1.165, 1.54) is 11.3 Å². The van der Waals surface area contributed by atoms with Gasteiger partial charge in [-0.3, -0.25) is 0 Å². The van der Waals surface area contributed by atoms with Gasteiger partial charge in [0.05, 0.1) is 6.61 Å². The minimum atomic E-state index is 0.262. The maximum Gasteiger partial charge on any atom is 0.185 e. The van der Waals surface area contributed by atoms with Crippen molar-refractivity contribution in [1.82, 2.24) is 4.98 Å². The highest BCUT2D eigenvalue weighted by Gasteiger charge is 2.07. The van der Waals surface area contributed by atoms with Crippen molar-refractivity contribution in [1.29, 1.82) is 5.26 Å². The van der Waals surface area contributed by atoms with Gasteiger partial charge in [-0.15, -0.1) is 0 Å². The molecule has 0 aliphatic carbocycles. The molecule has 0 aliphatic heterocycles. The number of aromatic nitrogens is 1. The van der Waals surface area contributed by atoms with Crippen molar-refractivity contribution >= 4 is 28.1 Å². The minimum absolute atomic E-state index is 0.262. The van der Waals surface area contributed by atoms with Gasteiger partial charge in [0.1, 0.15) is 10.9 Å². The summed E-state index contributed by atoms with van der Waals surface area (Å²) >= 11 is 6.99. The topological polar surface area (TPSA) is 57.9 Å². The van der Waals surface area contributed by atoms with Gasteiger partial charge in [0.2, 0.25) is 0 Å². The zero-order valence-corrected chi connectivity index (χ0v) is 10.9. The quantitative estimate of drug-likeness (QED) is 0.798. The van der Waals surface area contributed by atoms with Crippen LogP contribution in [-0.4, -0.2) is 24.7 Å². The first-order valence-corrected chi connectivity index (χ1v) is 6.21. The standard InChI is InChI=1S/C10H14ClN3OS/c1-7(2)6-15-4-3-13-10-14-9(11)8(5-12)16-10/h7H,3-4,6H2,1-2H3,(H,13,14). The summed E-state index contributed by atoms with van der Waals surface area (Å²) in [6.45, 7) is 6.25. The number of halogens is 1. The van der Waals surface area contributed by atoms with Crippen molar-refractivity contribution in [3.05, 3.63) is 10.0 Å². The fourth-order valence-corrected chi connectivity index (χ4v) is 1.97. The van der Waals surface area contributed by atoms with Crippen LogP contribution in [0.5, 0.6) is 0 Å². The minimum Gasteiger partial charge on any atom is -0.379 e. The van der Waals surface area contributed by atoms with Crippen molar-refractivity contribution in [3.63, 3.8) is 0 Å². The van der Waals surface area contributed by atoms with E-state index in [0.717, 1.165) is 6.61 Å². The van der Waals surface area contributed by atoms with Gasteiger partial charge in [-0.25, -0.2) is 4.98 Å². The molecule has 0 bridgehead atoms. The summed E-state index contributed by atoms with van der Waals surface area (Å²) in [5, 5.41) is 12.7. The molecule has 0 amide bonds. The largest absolute Gasteiger partial charge is 0.379 e. The summed E-state index contributed by atoms with van der Waals surface area (Å²) in [6.07, 6.45) is 0. The Hall–Kier alpha value is -0.830. The zero-order valence-electron chi connectivity index (χ0n) is 9.29. The van der Waals surface area contributed by atoms with Crippen molar-refractivity contribution in [2.75, 3.05) is 25.1 Å². The van der Waals surface area contributed by atoms with Gasteiger partial charge in [0.25, 0.3) is 0 Å². The van der Waals surface area contributed by atoms with E-state index in [0.29, 0.717) is 29.1 Å². The van der Waals surface area contributed by atoms with Crippen LogP contribution in [0.1, 0.15) is 18.7 Å². The van der Waals surface area contributed by atoms with Crippen molar-refractivity contribution in [3.8, 4) is 6.07 Å². The summed E-state index contributed by atoms with van der Waals surface area (Å²) in [5.41, 5.74) is 0. The third-order valence-corrected chi connectivity index (χ3v) is 2.96. The molecule has 0 fully saturated rings. The van der Waals surface area contributed by atoms with Gasteiger partial charge in [-0.05, 0) is 5.92 Å². The van der Waals surface area contributed by atoms with Crippen LogP contribution in [0.3, 0.4) is 0 Å². The molecule has 1 rings (SSSR count). The Balaban J connectivity index is 2.25. The van der Waals surface area contributed by atoms with Crippen LogP contribution in [-0.2, 0) is 4.74 Å². The molecule has 1 aromatic rings. The molecule has 0 atom stereocenters. The molecule has 1 heterocycles. The molecule has 0 unspecified atom stereocenters. The number of hydrogen-bond acceptors (Lipinski definition) is 5. The number of nitrogens with one attached hydrogen (secondary N) is 1. The van der Waals surface area contributed by atoms with E-state index in [1.54, 1.807) is 0 Å². The normalized spacial score (nSPS) is 10.4. The van der Waals surface area contributed by atoms with Gasteiger partial charge >= 0.3 is 0 Å². The molecule has 0 spiro atoms. The molecule has 0 saturated heterocycles. The molecule has 0 radical (unpaired) electrons. The maximum absolute atomic E-state index is 8.69. The Kier molecular flexibility index (Phi) is 5.53. The maximum atomic E-state index is 8.69. The number of anilines is 1. The lowest BCUT2D eigenvalue weighted by atomic mass is 10.2. The summed E-state index contributed by atoms with van der Waals surface area (Å²) in [7, 11) is 0. The third kappa shape index (κ3) is 4.35. The number of hydrogen-bond donors (Lipinski definition) is 1. The van der Waals surface area contributed by atoms with E-state index < -0.39 is 0 Å². The first-order chi connectivity index (χ1) is 7.63. The van der Waals surface area contributed by atoms with E-state index in [4.69, 9.17) is 21.6 Å². The highest BCUT2D eigenvalue weighted by Crippen LogP contribution is 2.25. The Bertz CT molecular complexity index is 373. The van der Waals surface area contributed by atoms with E-state index in [-0.39, 0.29) is 5.15 Å². The van der Waals surface area contributed by atoms with E-state index in [2.05, 4.69) is 24.1 Å². The van der Waals surface area contributed by atoms with E-state index in [9.17, 15) is 0 Å². The SMILES string of the molecule is CC(C)COCCNc1nc(Cl)c(C#N)s1. The average molecular weight is 260 g/mol. The second-order valence-corrected chi connectivity index (χ2v) is 5.00. The molecule has 1 N–H and O–H groups in total. The van der Waals surface area contributed by atoms with Gasteiger partial charge in [-0.2, -0.15) is 5.26 Å². The zero-order chi connectivity index (χ0) is 12.0. The lowest BCUT2D eigenvalue weighted by Gasteiger charge is -2.06. The molecular weight excluding hydrogens is 246 g/mol. The van der Waals surface area contributed by atoms with Gasteiger partial charge in [0.15, 0.2) is 10.3 Å². The van der Waals surface area contributed by atoms with Crippen LogP contribution in [0.25, 0.3) is 0 Å². The molecule has 6 heteroatoms. The fourth-order valence-electron chi connectivity index (χ4n) is 0.995. The fraction of sp³-hybridized carbons (Fsp3) is 0.600. The Morgan fingerprint density at radius 3 is 2.94 bits per heavy atom. The smallest absolute Gasteiger partial charge is 0.185 e. The summed E-state index contributed by atoms with van der Waals surface area (Å²) in [6, 6.07) is 1.98. The Morgan fingerprint density at radius 1 is 1.62 bits per heavy atom. The van der Waals surface area contributed by atoms with Crippen LogP contribution >= 0.6 is 22.9 Å².